The number of para-hydroxylation sites is 2. The number of fused-ring (bicyclic) bond motifs is 1. The van der Waals surface area contributed by atoms with Crippen molar-refractivity contribution in [1.29, 1.82) is 0 Å². The van der Waals surface area contributed by atoms with E-state index in [1.54, 1.807) is 4.90 Å². The number of rotatable bonds is 5. The van der Waals surface area contributed by atoms with Crippen molar-refractivity contribution >= 4 is 17.5 Å². The van der Waals surface area contributed by atoms with Crippen molar-refractivity contribution < 1.29 is 14.3 Å². The van der Waals surface area contributed by atoms with Crippen LogP contribution in [0.2, 0.25) is 0 Å². The second-order valence-corrected chi connectivity index (χ2v) is 8.48. The van der Waals surface area contributed by atoms with Crippen molar-refractivity contribution in [3.05, 3.63) is 77.1 Å². The first-order chi connectivity index (χ1) is 16.2. The molecule has 33 heavy (non-hydrogen) atoms. The van der Waals surface area contributed by atoms with E-state index < -0.39 is 0 Å². The molecule has 3 aromatic rings. The first-order valence-corrected chi connectivity index (χ1v) is 11.6. The number of piperidine rings is 1. The van der Waals surface area contributed by atoms with Gasteiger partial charge in [-0.15, -0.1) is 0 Å². The molecule has 1 aromatic heterocycles. The molecule has 2 aromatic carbocycles. The van der Waals surface area contributed by atoms with Gasteiger partial charge in [-0.05, 0) is 62.4 Å². The van der Waals surface area contributed by atoms with E-state index in [2.05, 4.69) is 16.3 Å². The third-order valence-corrected chi connectivity index (χ3v) is 6.49. The van der Waals surface area contributed by atoms with Gasteiger partial charge in [0.15, 0.2) is 5.69 Å². The van der Waals surface area contributed by atoms with Crippen LogP contribution in [0.5, 0.6) is 5.75 Å². The smallest absolute Gasteiger partial charge is 0.278 e. The molecular formula is C26H28N4O3. The summed E-state index contributed by atoms with van der Waals surface area (Å²) >= 11 is 0. The topological polar surface area (TPSA) is 78.5 Å². The highest BCUT2D eigenvalue weighted by molar-refractivity contribution is 6.06. The number of H-pyrrole nitrogens is 1. The van der Waals surface area contributed by atoms with Crippen molar-refractivity contribution in [2.45, 2.75) is 38.6 Å². The Labute approximate surface area is 193 Å². The van der Waals surface area contributed by atoms with E-state index in [-0.39, 0.29) is 17.9 Å². The van der Waals surface area contributed by atoms with Crippen molar-refractivity contribution in [3.63, 3.8) is 0 Å². The van der Waals surface area contributed by atoms with E-state index >= 15 is 0 Å². The van der Waals surface area contributed by atoms with E-state index in [4.69, 9.17) is 4.74 Å². The Hall–Kier alpha value is -3.61. The number of nitrogens with one attached hydrogen (secondary N) is 1. The van der Waals surface area contributed by atoms with Gasteiger partial charge in [-0.1, -0.05) is 30.3 Å². The first-order valence-electron chi connectivity index (χ1n) is 11.6. The van der Waals surface area contributed by atoms with E-state index in [0.29, 0.717) is 36.7 Å². The fourth-order valence-electron chi connectivity index (χ4n) is 4.88. The summed E-state index contributed by atoms with van der Waals surface area (Å²) in [4.78, 5) is 30.4. The summed E-state index contributed by atoms with van der Waals surface area (Å²) in [6, 6.07) is 17.0. The van der Waals surface area contributed by atoms with Gasteiger partial charge >= 0.3 is 0 Å². The van der Waals surface area contributed by atoms with Crippen LogP contribution in [-0.2, 0) is 6.42 Å². The Bertz CT molecular complexity index is 1170. The number of ether oxygens (including phenoxy) is 1. The molecule has 7 nitrogen and oxygen atoms in total. The molecule has 0 radical (unpaired) electrons. The van der Waals surface area contributed by atoms with Crippen LogP contribution in [0, 0.1) is 0 Å². The monoisotopic (exact) mass is 444 g/mol. The summed E-state index contributed by atoms with van der Waals surface area (Å²) < 4.78 is 5.69. The molecule has 2 aliphatic heterocycles. The standard InChI is InChI=1S/C26H28N4O3/c1-2-33-24-13-6-4-10-19(24)25(31)29-15-8-7-12-23(29)20-17-21(28-27-20)26(32)30-16-14-18-9-3-5-11-22(18)30/h3-6,9-11,13,17,23H,2,7-8,12,14-16H2,1H3,(H,27,28). The fourth-order valence-corrected chi connectivity index (χ4v) is 4.88. The highest BCUT2D eigenvalue weighted by Crippen LogP contribution is 2.34. The van der Waals surface area contributed by atoms with E-state index in [9.17, 15) is 9.59 Å². The third kappa shape index (κ3) is 3.99. The Balaban J connectivity index is 1.39. The van der Waals surface area contributed by atoms with Crippen molar-refractivity contribution in [3.8, 4) is 5.75 Å². The van der Waals surface area contributed by atoms with Crippen molar-refractivity contribution in [1.82, 2.24) is 15.1 Å². The van der Waals surface area contributed by atoms with Crippen LogP contribution in [0.1, 0.15) is 64.3 Å². The molecule has 1 fully saturated rings. The van der Waals surface area contributed by atoms with E-state index in [0.717, 1.165) is 37.1 Å². The molecule has 1 atom stereocenters. The van der Waals surface area contributed by atoms with Crippen LogP contribution in [0.4, 0.5) is 5.69 Å². The minimum Gasteiger partial charge on any atom is -0.493 e. The van der Waals surface area contributed by atoms with Gasteiger partial charge in [-0.2, -0.15) is 5.10 Å². The Morgan fingerprint density at radius 3 is 2.76 bits per heavy atom. The molecule has 3 heterocycles. The Kier molecular flexibility index (Phi) is 5.86. The quantitative estimate of drug-likeness (QED) is 0.634. The molecule has 7 heteroatoms. The van der Waals surface area contributed by atoms with Crippen LogP contribution in [0.25, 0.3) is 0 Å². The summed E-state index contributed by atoms with van der Waals surface area (Å²) in [6.45, 7) is 3.72. The number of aromatic nitrogens is 2. The first kappa shape index (κ1) is 21.2. The fraction of sp³-hybridized carbons (Fsp3) is 0.346. The molecule has 0 spiro atoms. The maximum atomic E-state index is 13.5. The number of nitrogens with zero attached hydrogens (tertiary/aromatic N) is 3. The summed E-state index contributed by atoms with van der Waals surface area (Å²) in [5.74, 6) is 0.431. The lowest BCUT2D eigenvalue weighted by atomic mass is 9.97. The SMILES string of the molecule is CCOc1ccccc1C(=O)N1CCCCC1c1cc(C(=O)N2CCc3ccccc32)n[nH]1. The molecule has 5 rings (SSSR count). The lowest BCUT2D eigenvalue weighted by Gasteiger charge is -2.35. The largest absolute Gasteiger partial charge is 0.493 e. The second-order valence-electron chi connectivity index (χ2n) is 8.48. The highest BCUT2D eigenvalue weighted by atomic mass is 16.5. The minimum absolute atomic E-state index is 0.0558. The lowest BCUT2D eigenvalue weighted by Crippen LogP contribution is -2.38. The van der Waals surface area contributed by atoms with Crippen molar-refractivity contribution in [2.24, 2.45) is 0 Å². The van der Waals surface area contributed by atoms with Crippen LogP contribution < -0.4 is 9.64 Å². The molecule has 0 saturated carbocycles. The number of hydrogen-bond acceptors (Lipinski definition) is 4. The number of anilines is 1. The number of likely N-dealkylation sites (tertiary alicyclic amines) is 1. The van der Waals surface area contributed by atoms with Gasteiger partial charge in [0, 0.05) is 18.8 Å². The van der Waals surface area contributed by atoms with Gasteiger partial charge in [0.1, 0.15) is 5.75 Å². The maximum absolute atomic E-state index is 13.5. The molecule has 2 amide bonds. The van der Waals surface area contributed by atoms with Crippen molar-refractivity contribution in [2.75, 3.05) is 24.6 Å². The molecule has 1 N–H and O–H groups in total. The maximum Gasteiger partial charge on any atom is 0.278 e. The number of carbonyl (C=O) groups excluding carboxylic acids is 2. The summed E-state index contributed by atoms with van der Waals surface area (Å²) in [7, 11) is 0. The predicted molar refractivity (Wildman–Crippen MR) is 126 cm³/mol. The summed E-state index contributed by atoms with van der Waals surface area (Å²) in [5.41, 5.74) is 3.88. The molecule has 2 aliphatic rings. The summed E-state index contributed by atoms with van der Waals surface area (Å²) in [5, 5.41) is 7.40. The van der Waals surface area contributed by atoms with Crippen LogP contribution in [0.15, 0.2) is 54.6 Å². The summed E-state index contributed by atoms with van der Waals surface area (Å²) in [6.07, 6.45) is 3.64. The van der Waals surface area contributed by atoms with Gasteiger partial charge < -0.3 is 14.5 Å². The number of aromatic amines is 1. The molecule has 1 saturated heterocycles. The number of amides is 2. The molecule has 170 valence electrons. The molecule has 0 aliphatic carbocycles. The lowest BCUT2D eigenvalue weighted by molar-refractivity contribution is 0.0602. The molecule has 1 unspecified atom stereocenters. The number of benzene rings is 2. The van der Waals surface area contributed by atoms with Gasteiger partial charge in [0.25, 0.3) is 11.8 Å². The van der Waals surface area contributed by atoms with E-state index in [1.165, 1.54) is 5.56 Å². The zero-order valence-electron chi connectivity index (χ0n) is 18.8. The molecule has 0 bridgehead atoms. The molecular weight excluding hydrogens is 416 g/mol. The van der Waals surface area contributed by atoms with Gasteiger partial charge in [0.05, 0.1) is 23.9 Å². The normalized spacial score (nSPS) is 17.7. The van der Waals surface area contributed by atoms with E-state index in [1.807, 2.05) is 60.4 Å². The van der Waals surface area contributed by atoms with Crippen LogP contribution in [-0.4, -0.2) is 46.6 Å². The van der Waals surface area contributed by atoms with Gasteiger partial charge in [-0.3, -0.25) is 14.7 Å². The number of carbonyl (C=O) groups is 2. The average Bonchev–Trinajstić information content (AvgIpc) is 3.52. The Morgan fingerprint density at radius 2 is 1.88 bits per heavy atom. The Morgan fingerprint density at radius 1 is 1.06 bits per heavy atom. The second kappa shape index (κ2) is 9.10. The average molecular weight is 445 g/mol. The third-order valence-electron chi connectivity index (χ3n) is 6.49. The van der Waals surface area contributed by atoms with Crippen LogP contribution >= 0.6 is 0 Å². The highest BCUT2D eigenvalue weighted by Gasteiger charge is 2.33. The van der Waals surface area contributed by atoms with Crippen LogP contribution in [0.3, 0.4) is 0 Å². The zero-order chi connectivity index (χ0) is 22.8. The predicted octanol–water partition coefficient (Wildman–Crippen LogP) is 4.38. The minimum atomic E-state index is -0.152. The van der Waals surface area contributed by atoms with Gasteiger partial charge in [0.2, 0.25) is 0 Å². The number of hydrogen-bond donors (Lipinski definition) is 1. The zero-order valence-corrected chi connectivity index (χ0v) is 18.8. The van der Waals surface area contributed by atoms with Gasteiger partial charge in [-0.25, -0.2) is 0 Å².